The molecule has 0 bridgehead atoms. The molecule has 3 rings (SSSR count). The summed E-state index contributed by atoms with van der Waals surface area (Å²) >= 11 is 0. The molecule has 130 valence electrons. The predicted octanol–water partition coefficient (Wildman–Crippen LogP) is 2.74. The van der Waals surface area contributed by atoms with E-state index in [0.29, 0.717) is 11.3 Å². The Morgan fingerprint density at radius 2 is 1.88 bits per heavy atom. The highest BCUT2D eigenvalue weighted by Gasteiger charge is 2.37. The van der Waals surface area contributed by atoms with Crippen molar-refractivity contribution in [2.24, 2.45) is 0 Å². The molecule has 1 aliphatic rings. The number of hydrogen-bond acceptors (Lipinski definition) is 4. The Balaban J connectivity index is 1.73. The van der Waals surface area contributed by atoms with Crippen LogP contribution in [-0.2, 0) is 10.3 Å². The number of benzene rings is 1. The van der Waals surface area contributed by atoms with Gasteiger partial charge in [-0.25, -0.2) is 4.79 Å². The number of nitrogens with one attached hydrogen (secondary N) is 1. The van der Waals surface area contributed by atoms with Gasteiger partial charge in [-0.3, -0.25) is 9.78 Å². The predicted molar refractivity (Wildman–Crippen MR) is 91.4 cm³/mol. The molecule has 2 aromatic rings. The van der Waals surface area contributed by atoms with Crippen molar-refractivity contribution in [2.75, 3.05) is 6.61 Å². The highest BCUT2D eigenvalue weighted by atomic mass is 16.5. The number of rotatable bonds is 6. The van der Waals surface area contributed by atoms with E-state index in [1.54, 1.807) is 30.5 Å². The summed E-state index contributed by atoms with van der Waals surface area (Å²) in [5.41, 5.74) is 1.17. The van der Waals surface area contributed by atoms with Gasteiger partial charge in [0.2, 0.25) is 0 Å². The molecular formula is C19H20N2O4. The summed E-state index contributed by atoms with van der Waals surface area (Å²) < 4.78 is 5.09. The average molecular weight is 340 g/mol. The lowest BCUT2D eigenvalue weighted by Gasteiger charge is -2.30. The first-order chi connectivity index (χ1) is 12.1. The van der Waals surface area contributed by atoms with E-state index in [9.17, 15) is 9.59 Å². The third-order valence-corrected chi connectivity index (χ3v) is 4.50. The molecule has 1 aromatic carbocycles. The lowest BCUT2D eigenvalue weighted by Crippen LogP contribution is -2.43. The minimum Gasteiger partial charge on any atom is -0.482 e. The number of hydrogen-bond donors (Lipinski definition) is 2. The molecule has 0 unspecified atom stereocenters. The fraction of sp³-hybridized carbons (Fsp3) is 0.316. The van der Waals surface area contributed by atoms with Gasteiger partial charge in [-0.05, 0) is 48.7 Å². The summed E-state index contributed by atoms with van der Waals surface area (Å²) in [6.45, 7) is -0.407. The van der Waals surface area contributed by atoms with Crippen molar-refractivity contribution >= 4 is 11.9 Å². The van der Waals surface area contributed by atoms with Crippen molar-refractivity contribution in [1.82, 2.24) is 10.3 Å². The molecule has 25 heavy (non-hydrogen) atoms. The van der Waals surface area contributed by atoms with Crippen LogP contribution in [0, 0.1) is 0 Å². The third-order valence-electron chi connectivity index (χ3n) is 4.50. The third kappa shape index (κ3) is 3.96. The van der Waals surface area contributed by atoms with Gasteiger partial charge in [0.15, 0.2) is 6.61 Å². The minimum atomic E-state index is -1.04. The van der Waals surface area contributed by atoms with Crippen LogP contribution in [-0.4, -0.2) is 28.6 Å². The molecule has 1 fully saturated rings. The van der Waals surface area contributed by atoms with Gasteiger partial charge in [-0.1, -0.05) is 18.9 Å². The number of ether oxygens (including phenoxy) is 1. The Bertz CT molecular complexity index is 738. The van der Waals surface area contributed by atoms with Gasteiger partial charge in [0.1, 0.15) is 5.75 Å². The average Bonchev–Trinajstić information content (AvgIpc) is 3.11. The summed E-state index contributed by atoms with van der Waals surface area (Å²) in [7, 11) is 0. The number of nitrogens with zero attached hydrogens (tertiary/aromatic N) is 1. The molecule has 0 saturated heterocycles. The number of carboxylic acid groups (broad SMARTS) is 1. The molecule has 6 nitrogen and oxygen atoms in total. The van der Waals surface area contributed by atoms with Crippen LogP contribution >= 0.6 is 0 Å². The van der Waals surface area contributed by atoms with Crippen molar-refractivity contribution in [3.63, 3.8) is 0 Å². The van der Waals surface area contributed by atoms with Crippen LogP contribution in [0.1, 0.15) is 41.6 Å². The Morgan fingerprint density at radius 1 is 1.16 bits per heavy atom. The summed E-state index contributed by atoms with van der Waals surface area (Å²) in [6.07, 6.45) is 7.46. The van der Waals surface area contributed by atoms with Crippen molar-refractivity contribution in [1.29, 1.82) is 0 Å². The highest BCUT2D eigenvalue weighted by Crippen LogP contribution is 2.38. The maximum atomic E-state index is 12.7. The summed E-state index contributed by atoms with van der Waals surface area (Å²) in [6, 6.07) is 10.4. The second kappa shape index (κ2) is 7.34. The van der Waals surface area contributed by atoms with Crippen molar-refractivity contribution in [3.8, 4) is 5.75 Å². The van der Waals surface area contributed by atoms with Gasteiger partial charge in [-0.15, -0.1) is 0 Å². The van der Waals surface area contributed by atoms with Crippen LogP contribution in [0.5, 0.6) is 5.75 Å². The SMILES string of the molecule is O=C(O)COc1ccc(C(=O)NC2(c3cccnc3)CCCC2)cc1. The molecule has 0 aliphatic heterocycles. The first-order valence-electron chi connectivity index (χ1n) is 8.27. The number of aliphatic carboxylic acids is 1. The number of aromatic nitrogens is 1. The van der Waals surface area contributed by atoms with Crippen molar-refractivity contribution < 1.29 is 19.4 Å². The lowest BCUT2D eigenvalue weighted by atomic mass is 9.89. The molecule has 6 heteroatoms. The number of pyridine rings is 1. The second-order valence-corrected chi connectivity index (χ2v) is 6.19. The molecule has 1 amide bonds. The van der Waals surface area contributed by atoms with Gasteiger partial charge in [0.25, 0.3) is 5.91 Å². The summed E-state index contributed by atoms with van der Waals surface area (Å²) in [5.74, 6) is -0.779. The van der Waals surface area contributed by atoms with E-state index < -0.39 is 12.6 Å². The normalized spacial score (nSPS) is 15.5. The molecule has 1 aliphatic carbocycles. The van der Waals surface area contributed by atoms with Crippen LogP contribution in [0.4, 0.5) is 0 Å². The Morgan fingerprint density at radius 3 is 2.48 bits per heavy atom. The Kier molecular flexibility index (Phi) is 4.97. The second-order valence-electron chi connectivity index (χ2n) is 6.19. The zero-order valence-electron chi connectivity index (χ0n) is 13.8. The molecule has 0 spiro atoms. The van der Waals surface area contributed by atoms with Crippen LogP contribution in [0.3, 0.4) is 0 Å². The maximum Gasteiger partial charge on any atom is 0.341 e. The monoisotopic (exact) mass is 340 g/mol. The molecule has 0 atom stereocenters. The summed E-state index contributed by atoms with van der Waals surface area (Å²) in [4.78, 5) is 27.4. The molecular weight excluding hydrogens is 320 g/mol. The number of carbonyl (C=O) groups excluding carboxylic acids is 1. The molecule has 2 N–H and O–H groups in total. The van der Waals surface area contributed by atoms with Gasteiger partial charge >= 0.3 is 5.97 Å². The van der Waals surface area contributed by atoms with E-state index in [2.05, 4.69) is 10.3 Å². The molecule has 1 heterocycles. The van der Waals surface area contributed by atoms with E-state index in [1.165, 1.54) is 0 Å². The fourth-order valence-corrected chi connectivity index (χ4v) is 3.25. The van der Waals surface area contributed by atoms with Crippen LogP contribution in [0.25, 0.3) is 0 Å². The number of amides is 1. The van der Waals surface area contributed by atoms with Crippen molar-refractivity contribution in [3.05, 3.63) is 59.9 Å². The maximum absolute atomic E-state index is 12.7. The van der Waals surface area contributed by atoms with Crippen molar-refractivity contribution in [2.45, 2.75) is 31.2 Å². The van der Waals surface area contributed by atoms with Gasteiger partial charge in [-0.2, -0.15) is 0 Å². The first-order valence-corrected chi connectivity index (χ1v) is 8.27. The zero-order valence-corrected chi connectivity index (χ0v) is 13.8. The zero-order chi connectivity index (χ0) is 17.7. The van der Waals surface area contributed by atoms with E-state index in [0.717, 1.165) is 31.2 Å². The van der Waals surface area contributed by atoms with Crippen LogP contribution in [0.15, 0.2) is 48.8 Å². The molecule has 1 saturated carbocycles. The van der Waals surface area contributed by atoms with E-state index in [1.807, 2.05) is 18.3 Å². The van der Waals surface area contributed by atoms with E-state index in [-0.39, 0.29) is 11.4 Å². The van der Waals surface area contributed by atoms with Crippen LogP contribution in [0.2, 0.25) is 0 Å². The Labute approximate surface area is 145 Å². The highest BCUT2D eigenvalue weighted by molar-refractivity contribution is 5.95. The standard InChI is InChI=1S/C19H20N2O4/c22-17(23)13-25-16-7-5-14(6-8-16)18(24)21-19(9-1-2-10-19)15-4-3-11-20-12-15/h3-8,11-12H,1-2,9-10,13H2,(H,21,24)(H,22,23). The van der Waals surface area contributed by atoms with E-state index >= 15 is 0 Å². The number of carboxylic acids is 1. The minimum absolute atomic E-state index is 0.157. The lowest BCUT2D eigenvalue weighted by molar-refractivity contribution is -0.139. The topological polar surface area (TPSA) is 88.5 Å². The smallest absolute Gasteiger partial charge is 0.341 e. The molecule has 1 aromatic heterocycles. The van der Waals surface area contributed by atoms with Gasteiger partial charge < -0.3 is 15.2 Å². The molecule has 0 radical (unpaired) electrons. The fourth-order valence-electron chi connectivity index (χ4n) is 3.25. The quantitative estimate of drug-likeness (QED) is 0.844. The van der Waals surface area contributed by atoms with Gasteiger partial charge in [0, 0.05) is 18.0 Å². The largest absolute Gasteiger partial charge is 0.482 e. The van der Waals surface area contributed by atoms with Crippen LogP contribution < -0.4 is 10.1 Å². The Hall–Kier alpha value is -2.89. The summed E-state index contributed by atoms with van der Waals surface area (Å²) in [5, 5.41) is 11.8. The van der Waals surface area contributed by atoms with Gasteiger partial charge in [0.05, 0.1) is 5.54 Å². The van der Waals surface area contributed by atoms with E-state index in [4.69, 9.17) is 9.84 Å². The number of carbonyl (C=O) groups is 2. The first kappa shape index (κ1) is 17.0.